The number of nitrogens with one attached hydrogen (secondary N) is 1. The van der Waals surface area contributed by atoms with E-state index in [4.69, 9.17) is 0 Å². The summed E-state index contributed by atoms with van der Waals surface area (Å²) < 4.78 is 0. The maximum Gasteiger partial charge on any atom is 0.272 e. The molecule has 0 aliphatic carbocycles. The van der Waals surface area contributed by atoms with Crippen LogP contribution in [0.4, 0.5) is 0 Å². The number of aromatic nitrogens is 2. The first-order valence-corrected chi connectivity index (χ1v) is 6.21. The molecule has 0 radical (unpaired) electrons. The SMILES string of the molecule is O=c1[nH]nc(Cc2cccs2)c2ccccc12. The number of rotatable bonds is 2. The molecule has 1 N–H and O–H groups in total. The second kappa shape index (κ2) is 4.14. The molecule has 17 heavy (non-hydrogen) atoms. The van der Waals surface area contributed by atoms with Gasteiger partial charge in [-0.05, 0) is 17.5 Å². The molecule has 0 unspecified atom stereocenters. The van der Waals surface area contributed by atoms with Crippen molar-refractivity contribution < 1.29 is 0 Å². The molecule has 2 aromatic heterocycles. The lowest BCUT2D eigenvalue weighted by atomic mass is 10.1. The highest BCUT2D eigenvalue weighted by molar-refractivity contribution is 7.09. The second-order valence-electron chi connectivity index (χ2n) is 3.80. The lowest BCUT2D eigenvalue weighted by Gasteiger charge is -2.02. The summed E-state index contributed by atoms with van der Waals surface area (Å²) in [7, 11) is 0. The van der Waals surface area contributed by atoms with Gasteiger partial charge in [0.25, 0.3) is 5.56 Å². The van der Waals surface area contributed by atoms with E-state index in [-0.39, 0.29) is 5.56 Å². The van der Waals surface area contributed by atoms with Crippen LogP contribution in [0.3, 0.4) is 0 Å². The molecule has 1 aromatic carbocycles. The molecule has 0 spiro atoms. The summed E-state index contributed by atoms with van der Waals surface area (Å²) in [4.78, 5) is 12.9. The predicted octanol–water partition coefficient (Wildman–Crippen LogP) is 2.58. The molecule has 0 fully saturated rings. The Bertz CT molecular complexity index is 701. The van der Waals surface area contributed by atoms with Gasteiger partial charge < -0.3 is 0 Å². The molecule has 84 valence electrons. The highest BCUT2D eigenvalue weighted by atomic mass is 32.1. The number of fused-ring (bicyclic) bond motifs is 1. The van der Waals surface area contributed by atoms with E-state index in [1.807, 2.05) is 35.7 Å². The first-order chi connectivity index (χ1) is 8.34. The van der Waals surface area contributed by atoms with E-state index in [1.54, 1.807) is 11.3 Å². The van der Waals surface area contributed by atoms with Crippen LogP contribution in [-0.4, -0.2) is 10.2 Å². The average Bonchev–Trinajstić information content (AvgIpc) is 2.86. The smallest absolute Gasteiger partial charge is 0.267 e. The normalized spacial score (nSPS) is 10.8. The van der Waals surface area contributed by atoms with Crippen LogP contribution in [0.25, 0.3) is 10.8 Å². The number of nitrogens with zero attached hydrogens (tertiary/aromatic N) is 1. The number of hydrogen-bond donors (Lipinski definition) is 1. The zero-order valence-corrected chi connectivity index (χ0v) is 9.83. The molecule has 4 heteroatoms. The van der Waals surface area contributed by atoms with Crippen molar-refractivity contribution in [1.29, 1.82) is 0 Å². The Labute approximate surface area is 102 Å². The van der Waals surface area contributed by atoms with Crippen molar-refractivity contribution in [2.24, 2.45) is 0 Å². The molecule has 3 nitrogen and oxygen atoms in total. The van der Waals surface area contributed by atoms with Gasteiger partial charge in [-0.2, -0.15) is 5.10 Å². The molecule has 0 aliphatic rings. The van der Waals surface area contributed by atoms with Crippen molar-refractivity contribution in [3.8, 4) is 0 Å². The van der Waals surface area contributed by atoms with Gasteiger partial charge in [0, 0.05) is 16.7 Å². The number of thiophene rings is 1. The minimum atomic E-state index is -0.129. The van der Waals surface area contributed by atoms with Crippen molar-refractivity contribution in [3.63, 3.8) is 0 Å². The summed E-state index contributed by atoms with van der Waals surface area (Å²) in [5.74, 6) is 0. The van der Waals surface area contributed by atoms with Crippen molar-refractivity contribution in [3.05, 3.63) is 62.7 Å². The van der Waals surface area contributed by atoms with Crippen LogP contribution in [0.5, 0.6) is 0 Å². The van der Waals surface area contributed by atoms with E-state index in [0.29, 0.717) is 5.39 Å². The van der Waals surface area contributed by atoms with Gasteiger partial charge in [-0.1, -0.05) is 24.3 Å². The summed E-state index contributed by atoms with van der Waals surface area (Å²) in [5, 5.41) is 10.4. The van der Waals surface area contributed by atoms with Gasteiger partial charge in [0.2, 0.25) is 0 Å². The fourth-order valence-corrected chi connectivity index (χ4v) is 2.59. The van der Waals surface area contributed by atoms with Gasteiger partial charge in [-0.15, -0.1) is 11.3 Å². The summed E-state index contributed by atoms with van der Waals surface area (Å²) in [6.45, 7) is 0. The Balaban J connectivity index is 2.17. The van der Waals surface area contributed by atoms with Crippen LogP contribution in [0, 0.1) is 0 Å². The van der Waals surface area contributed by atoms with Crippen molar-refractivity contribution in [2.45, 2.75) is 6.42 Å². The third-order valence-corrected chi connectivity index (χ3v) is 3.57. The number of aromatic amines is 1. The zero-order chi connectivity index (χ0) is 11.7. The van der Waals surface area contributed by atoms with Crippen LogP contribution in [0.2, 0.25) is 0 Å². The molecule has 3 rings (SSSR count). The first-order valence-electron chi connectivity index (χ1n) is 5.33. The summed E-state index contributed by atoms with van der Waals surface area (Å²) >= 11 is 1.70. The van der Waals surface area contributed by atoms with Crippen LogP contribution < -0.4 is 5.56 Å². The van der Waals surface area contributed by atoms with E-state index in [9.17, 15) is 4.79 Å². The van der Waals surface area contributed by atoms with Crippen LogP contribution in [-0.2, 0) is 6.42 Å². The number of hydrogen-bond acceptors (Lipinski definition) is 3. The summed E-state index contributed by atoms with van der Waals surface area (Å²) in [6.07, 6.45) is 0.759. The number of benzene rings is 1. The van der Waals surface area contributed by atoms with Crippen LogP contribution >= 0.6 is 11.3 Å². The quantitative estimate of drug-likeness (QED) is 0.750. The van der Waals surface area contributed by atoms with Gasteiger partial charge in [0.05, 0.1) is 11.1 Å². The average molecular weight is 242 g/mol. The van der Waals surface area contributed by atoms with E-state index in [0.717, 1.165) is 17.5 Å². The lowest BCUT2D eigenvalue weighted by molar-refractivity contribution is 0.940. The third-order valence-electron chi connectivity index (χ3n) is 2.70. The predicted molar refractivity (Wildman–Crippen MR) is 69.5 cm³/mol. The summed E-state index contributed by atoms with van der Waals surface area (Å²) in [5.41, 5.74) is 0.790. The highest BCUT2D eigenvalue weighted by Gasteiger charge is 2.06. The maximum atomic E-state index is 11.6. The van der Waals surface area contributed by atoms with Crippen molar-refractivity contribution in [1.82, 2.24) is 10.2 Å². The third kappa shape index (κ3) is 1.87. The Morgan fingerprint density at radius 2 is 1.94 bits per heavy atom. The Kier molecular flexibility index (Phi) is 2.49. The Hall–Kier alpha value is -1.94. The molecule has 3 aromatic rings. The standard InChI is InChI=1S/C13H10N2OS/c16-13-11-6-2-1-5-10(11)12(14-15-13)8-9-4-3-7-17-9/h1-7H,8H2,(H,15,16). The summed E-state index contributed by atoms with van der Waals surface area (Å²) in [6, 6.07) is 11.7. The van der Waals surface area contributed by atoms with Crippen molar-refractivity contribution in [2.75, 3.05) is 0 Å². The van der Waals surface area contributed by atoms with E-state index in [2.05, 4.69) is 16.3 Å². The molecule has 0 saturated carbocycles. The Morgan fingerprint density at radius 3 is 2.71 bits per heavy atom. The van der Waals surface area contributed by atoms with Gasteiger partial charge in [0.1, 0.15) is 0 Å². The molecular formula is C13H10N2OS. The first kappa shape index (κ1) is 10.2. The molecule has 0 bridgehead atoms. The van der Waals surface area contributed by atoms with Crippen LogP contribution in [0.1, 0.15) is 10.6 Å². The Morgan fingerprint density at radius 1 is 1.12 bits per heavy atom. The minimum absolute atomic E-state index is 0.129. The second-order valence-corrected chi connectivity index (χ2v) is 4.83. The van der Waals surface area contributed by atoms with Gasteiger partial charge in [-0.3, -0.25) is 4.79 Å². The molecular weight excluding hydrogens is 232 g/mol. The largest absolute Gasteiger partial charge is 0.272 e. The van der Waals surface area contributed by atoms with Gasteiger partial charge in [-0.25, -0.2) is 5.10 Å². The fourth-order valence-electron chi connectivity index (χ4n) is 1.88. The van der Waals surface area contributed by atoms with Crippen molar-refractivity contribution >= 4 is 22.1 Å². The van der Waals surface area contributed by atoms with E-state index in [1.165, 1.54) is 4.88 Å². The molecule has 0 atom stereocenters. The molecule has 0 aliphatic heterocycles. The molecule has 0 amide bonds. The fraction of sp³-hybridized carbons (Fsp3) is 0.0769. The van der Waals surface area contributed by atoms with Crippen LogP contribution in [0.15, 0.2) is 46.6 Å². The molecule has 2 heterocycles. The minimum Gasteiger partial charge on any atom is -0.267 e. The number of H-pyrrole nitrogens is 1. The van der Waals surface area contributed by atoms with Gasteiger partial charge in [0.15, 0.2) is 0 Å². The van der Waals surface area contributed by atoms with E-state index >= 15 is 0 Å². The lowest BCUT2D eigenvalue weighted by Crippen LogP contribution is -2.10. The highest BCUT2D eigenvalue weighted by Crippen LogP contribution is 2.18. The monoisotopic (exact) mass is 242 g/mol. The maximum absolute atomic E-state index is 11.6. The van der Waals surface area contributed by atoms with E-state index < -0.39 is 0 Å². The topological polar surface area (TPSA) is 45.8 Å². The van der Waals surface area contributed by atoms with Gasteiger partial charge >= 0.3 is 0 Å². The molecule has 0 saturated heterocycles. The zero-order valence-electron chi connectivity index (χ0n) is 9.01.